The fraction of sp³-hybridized carbons (Fsp3) is 0.425. The van der Waals surface area contributed by atoms with Crippen LogP contribution in [-0.2, 0) is 17.9 Å². The predicted molar refractivity (Wildman–Crippen MR) is 195 cm³/mol. The number of carbonyl (C=O) groups is 4. The van der Waals surface area contributed by atoms with Gasteiger partial charge in [0.1, 0.15) is 18.0 Å². The van der Waals surface area contributed by atoms with Gasteiger partial charge < -0.3 is 25.4 Å². The third-order valence-electron chi connectivity index (χ3n) is 11.5. The molecule has 3 N–H and O–H groups in total. The van der Waals surface area contributed by atoms with Crippen LogP contribution in [0.1, 0.15) is 99.1 Å². The van der Waals surface area contributed by atoms with E-state index in [1.54, 1.807) is 18.2 Å². The number of carbonyl (C=O) groups excluding carboxylic acids is 4. The van der Waals surface area contributed by atoms with Crippen molar-refractivity contribution in [3.63, 3.8) is 0 Å². The maximum atomic E-state index is 13.3. The van der Waals surface area contributed by atoms with Crippen LogP contribution in [0, 0.1) is 11.3 Å². The van der Waals surface area contributed by atoms with E-state index in [4.69, 9.17) is 21.6 Å². The fourth-order valence-electron chi connectivity index (χ4n) is 8.54. The number of fused-ring (bicyclic) bond motifs is 2. The third kappa shape index (κ3) is 6.97. The van der Waals surface area contributed by atoms with E-state index in [0.717, 1.165) is 73.3 Å². The molecule has 1 saturated carbocycles. The zero-order valence-corrected chi connectivity index (χ0v) is 30.0. The number of piperidine rings is 2. The van der Waals surface area contributed by atoms with Gasteiger partial charge in [-0.1, -0.05) is 11.6 Å². The molecule has 3 aromatic carbocycles. The monoisotopic (exact) mass is 736 g/mol. The second kappa shape index (κ2) is 14.5. The van der Waals surface area contributed by atoms with Gasteiger partial charge in [-0.3, -0.25) is 29.0 Å². The Labute approximate surface area is 312 Å². The van der Waals surface area contributed by atoms with Gasteiger partial charge in [0.05, 0.1) is 33.9 Å². The van der Waals surface area contributed by atoms with E-state index >= 15 is 0 Å². The van der Waals surface area contributed by atoms with Gasteiger partial charge in [0.2, 0.25) is 5.91 Å². The molecule has 2 saturated heterocycles. The van der Waals surface area contributed by atoms with Crippen LogP contribution in [0.5, 0.6) is 5.75 Å². The molecule has 8 rings (SSSR count). The molecular formula is C40H41ClN6O6. The van der Waals surface area contributed by atoms with Crippen molar-refractivity contribution in [2.45, 2.75) is 94.9 Å². The highest BCUT2D eigenvalue weighted by molar-refractivity contribution is 6.31. The highest BCUT2D eigenvalue weighted by Crippen LogP contribution is 2.36. The van der Waals surface area contributed by atoms with Gasteiger partial charge >= 0.3 is 0 Å². The van der Waals surface area contributed by atoms with Gasteiger partial charge in [0.15, 0.2) is 0 Å². The number of benzene rings is 3. The van der Waals surface area contributed by atoms with E-state index in [-0.39, 0.29) is 36.8 Å². The molecule has 4 aliphatic heterocycles. The molecule has 3 fully saturated rings. The van der Waals surface area contributed by atoms with Crippen LogP contribution in [0.15, 0.2) is 54.6 Å². The topological polar surface area (TPSA) is 155 Å². The smallest absolute Gasteiger partial charge is 0.261 e. The van der Waals surface area contributed by atoms with E-state index in [0.29, 0.717) is 52.2 Å². The largest absolute Gasteiger partial charge is 0.490 e. The number of halogens is 1. The highest BCUT2D eigenvalue weighted by atomic mass is 35.5. The van der Waals surface area contributed by atoms with Crippen molar-refractivity contribution in [3.05, 3.63) is 93.0 Å². The Kier molecular flexibility index (Phi) is 9.57. The lowest BCUT2D eigenvalue weighted by molar-refractivity contribution is -0.129. The van der Waals surface area contributed by atoms with Gasteiger partial charge in [-0.25, -0.2) is 0 Å². The fourth-order valence-corrected chi connectivity index (χ4v) is 8.75. The van der Waals surface area contributed by atoms with E-state index in [1.807, 2.05) is 36.4 Å². The Hall–Kier alpha value is -4.96. The number of nitrogens with one attached hydrogen (secondary N) is 2. The molecule has 0 aromatic heterocycles. The second-order valence-electron chi connectivity index (χ2n) is 14.8. The maximum absolute atomic E-state index is 13.3. The summed E-state index contributed by atoms with van der Waals surface area (Å²) in [6.45, 7) is 3.18. The summed E-state index contributed by atoms with van der Waals surface area (Å²) in [4.78, 5) is 57.4. The SMILES string of the molecule is N#Cc1ccc(O[C@H]2CC[C@H](NC(=O)c3ccc(N4CCC(N5Cc6cc7c(cc6C5)C(=O)N(C5CCC(=O)NC5O)C7=O)CC4)cc3)CC2)cc1Cl. The standard InChI is InChI=1S/C40H41ClN6O6/c41-34-19-31(8-3-24(34)20-42)53-30-9-4-27(5-10-30)43-37(49)23-1-6-28(7-2-23)45-15-13-29(14-16-45)46-21-25-17-32-33(18-26(25)22-46)40(52)47(39(32)51)35-11-12-36(48)44-38(35)50/h1-3,6-8,17-19,27,29-30,35,38,50H,4-5,9-16,21-22H2,(H,43,49)(H,44,48)/t27-,30-,35?,38?. The quantitative estimate of drug-likeness (QED) is 0.297. The average molecular weight is 737 g/mol. The number of aliphatic hydroxyl groups is 1. The predicted octanol–water partition coefficient (Wildman–Crippen LogP) is 4.51. The minimum atomic E-state index is -1.27. The Balaban J connectivity index is 0.801. The zero-order valence-electron chi connectivity index (χ0n) is 29.2. The van der Waals surface area contributed by atoms with Crippen molar-refractivity contribution in [1.29, 1.82) is 5.26 Å². The van der Waals surface area contributed by atoms with Gasteiger partial charge in [-0.05, 0) is 105 Å². The van der Waals surface area contributed by atoms with Crippen LogP contribution in [0.4, 0.5) is 5.69 Å². The molecule has 2 unspecified atom stereocenters. The molecule has 2 atom stereocenters. The summed E-state index contributed by atoms with van der Waals surface area (Å²) in [5, 5.41) is 25.5. The number of imide groups is 1. The number of hydrogen-bond acceptors (Lipinski definition) is 9. The zero-order chi connectivity index (χ0) is 36.8. The van der Waals surface area contributed by atoms with Crippen molar-refractivity contribution >= 4 is 40.9 Å². The van der Waals surface area contributed by atoms with Crippen molar-refractivity contribution in [1.82, 2.24) is 20.4 Å². The molecule has 4 amide bonds. The molecule has 0 spiro atoms. The summed E-state index contributed by atoms with van der Waals surface area (Å²) in [7, 11) is 0. The Morgan fingerprint density at radius 1 is 0.887 bits per heavy atom. The number of aliphatic hydroxyl groups excluding tert-OH is 1. The van der Waals surface area contributed by atoms with Gasteiger partial charge in [0, 0.05) is 62.0 Å². The third-order valence-corrected chi connectivity index (χ3v) is 11.8. The highest BCUT2D eigenvalue weighted by Gasteiger charge is 2.45. The molecule has 274 valence electrons. The van der Waals surface area contributed by atoms with Crippen LogP contribution in [0.25, 0.3) is 0 Å². The molecule has 13 heteroatoms. The van der Waals surface area contributed by atoms with E-state index in [2.05, 4.69) is 26.5 Å². The number of hydrogen-bond donors (Lipinski definition) is 3. The van der Waals surface area contributed by atoms with Crippen molar-refractivity contribution < 1.29 is 29.0 Å². The first-order chi connectivity index (χ1) is 25.6. The Morgan fingerprint density at radius 3 is 2.15 bits per heavy atom. The van der Waals surface area contributed by atoms with E-state index in [9.17, 15) is 24.3 Å². The normalized spacial score (nSPS) is 24.7. The molecule has 0 radical (unpaired) electrons. The number of amides is 4. The lowest BCUT2D eigenvalue weighted by Gasteiger charge is -2.37. The summed E-state index contributed by atoms with van der Waals surface area (Å²) in [6.07, 6.45) is 4.37. The van der Waals surface area contributed by atoms with Gasteiger partial charge in [0.25, 0.3) is 17.7 Å². The summed E-state index contributed by atoms with van der Waals surface area (Å²) in [5.41, 5.74) is 4.99. The van der Waals surface area contributed by atoms with Crippen molar-refractivity contribution in [2.75, 3.05) is 18.0 Å². The first-order valence-corrected chi connectivity index (χ1v) is 18.8. The number of rotatable bonds is 7. The van der Waals surface area contributed by atoms with Crippen LogP contribution in [-0.4, -0.2) is 82.1 Å². The molecule has 5 aliphatic rings. The van der Waals surface area contributed by atoms with E-state index < -0.39 is 24.1 Å². The van der Waals surface area contributed by atoms with Gasteiger partial charge in [-0.2, -0.15) is 5.26 Å². The lowest BCUT2D eigenvalue weighted by Crippen LogP contribution is -2.57. The molecule has 1 aliphatic carbocycles. The van der Waals surface area contributed by atoms with Crippen molar-refractivity contribution in [3.8, 4) is 11.8 Å². The second-order valence-corrected chi connectivity index (χ2v) is 15.2. The van der Waals surface area contributed by atoms with E-state index in [1.165, 1.54) is 0 Å². The summed E-state index contributed by atoms with van der Waals surface area (Å²) >= 11 is 6.15. The molecule has 53 heavy (non-hydrogen) atoms. The molecule has 4 heterocycles. The Morgan fingerprint density at radius 2 is 1.55 bits per heavy atom. The molecular weight excluding hydrogens is 696 g/mol. The number of anilines is 1. The average Bonchev–Trinajstić information content (AvgIpc) is 3.69. The summed E-state index contributed by atoms with van der Waals surface area (Å²) in [6, 6.07) is 18.4. The van der Waals surface area contributed by atoms with Gasteiger partial charge in [-0.15, -0.1) is 0 Å². The minimum absolute atomic E-state index is 0.0379. The summed E-state index contributed by atoms with van der Waals surface area (Å²) in [5.74, 6) is -0.541. The minimum Gasteiger partial charge on any atom is -0.490 e. The molecule has 0 bridgehead atoms. The van der Waals surface area contributed by atoms with Crippen LogP contribution in [0.2, 0.25) is 5.02 Å². The molecule has 3 aromatic rings. The number of nitrogens with zero attached hydrogens (tertiary/aromatic N) is 4. The number of ether oxygens (including phenoxy) is 1. The first kappa shape index (κ1) is 35.1. The first-order valence-electron chi connectivity index (χ1n) is 18.4. The van der Waals surface area contributed by atoms with Crippen LogP contribution in [0.3, 0.4) is 0 Å². The maximum Gasteiger partial charge on any atom is 0.261 e. The summed E-state index contributed by atoms with van der Waals surface area (Å²) < 4.78 is 6.09. The Bertz CT molecular complexity index is 1950. The number of nitriles is 1. The molecule has 12 nitrogen and oxygen atoms in total. The van der Waals surface area contributed by atoms with Crippen LogP contribution >= 0.6 is 11.6 Å². The van der Waals surface area contributed by atoms with Crippen molar-refractivity contribution in [2.24, 2.45) is 0 Å². The van der Waals surface area contributed by atoms with Crippen LogP contribution < -0.4 is 20.3 Å². The lowest BCUT2D eigenvalue weighted by atomic mass is 9.92.